The van der Waals surface area contributed by atoms with E-state index < -0.39 is 0 Å². The lowest BCUT2D eigenvalue weighted by Crippen LogP contribution is -2.15. The molecular formula is C33H57NO13. The normalized spacial score (nSPS) is 11.1. The van der Waals surface area contributed by atoms with Gasteiger partial charge in [0.15, 0.2) is 0 Å². The van der Waals surface area contributed by atoms with Crippen molar-refractivity contribution in [1.82, 2.24) is 0 Å². The van der Waals surface area contributed by atoms with Gasteiger partial charge in [0, 0.05) is 12.2 Å². The smallest absolute Gasteiger partial charge is 0.338 e. The molecule has 0 fully saturated rings. The van der Waals surface area contributed by atoms with E-state index in [-0.39, 0.29) is 25.0 Å². The van der Waals surface area contributed by atoms with Gasteiger partial charge in [-0.25, -0.2) is 4.79 Å². The molecule has 0 amide bonds. The van der Waals surface area contributed by atoms with Crippen LogP contribution < -0.4 is 5.32 Å². The van der Waals surface area contributed by atoms with E-state index in [4.69, 9.17) is 47.4 Å². The molecule has 0 heterocycles. The van der Waals surface area contributed by atoms with Crippen LogP contribution in [0.5, 0.6) is 0 Å². The first kappa shape index (κ1) is 42.6. The third-order valence-corrected chi connectivity index (χ3v) is 6.10. The van der Waals surface area contributed by atoms with Crippen molar-refractivity contribution in [2.45, 2.75) is 26.2 Å². The summed E-state index contributed by atoms with van der Waals surface area (Å²) in [5.41, 5.74) is 1.51. The Labute approximate surface area is 279 Å². The van der Waals surface area contributed by atoms with Crippen molar-refractivity contribution >= 4 is 17.6 Å². The fraction of sp³-hybridized carbons (Fsp3) is 0.758. The molecule has 0 aromatic heterocycles. The number of hydrogen-bond donors (Lipinski definition) is 1. The molecule has 1 rings (SSSR count). The molecule has 0 saturated heterocycles. The van der Waals surface area contributed by atoms with Gasteiger partial charge >= 0.3 is 11.9 Å². The summed E-state index contributed by atoms with van der Waals surface area (Å²) in [6.07, 6.45) is 2.48. The zero-order valence-corrected chi connectivity index (χ0v) is 28.4. The summed E-state index contributed by atoms with van der Waals surface area (Å²) in [4.78, 5) is 23.0. The molecule has 0 atom stereocenters. The lowest BCUT2D eigenvalue weighted by Gasteiger charge is -2.09. The lowest BCUT2D eigenvalue weighted by molar-refractivity contribution is -0.141. The van der Waals surface area contributed by atoms with E-state index in [1.165, 1.54) is 7.11 Å². The molecular weight excluding hydrogens is 618 g/mol. The van der Waals surface area contributed by atoms with Gasteiger partial charge in [0.25, 0.3) is 0 Å². The first-order valence-electron chi connectivity index (χ1n) is 16.4. The molecule has 1 N–H and O–H groups in total. The Bertz CT molecular complexity index is 844. The number of carbonyl (C=O) groups excluding carboxylic acids is 2. The number of ether oxygens (including phenoxy) is 11. The van der Waals surface area contributed by atoms with Gasteiger partial charge in [-0.3, -0.25) is 4.79 Å². The monoisotopic (exact) mass is 675 g/mol. The molecule has 0 radical (unpaired) electrons. The number of esters is 2. The average Bonchev–Trinajstić information content (AvgIpc) is 3.09. The van der Waals surface area contributed by atoms with Crippen molar-refractivity contribution in [3.63, 3.8) is 0 Å². The molecule has 0 saturated carbocycles. The highest BCUT2D eigenvalue weighted by Crippen LogP contribution is 2.10. The van der Waals surface area contributed by atoms with Gasteiger partial charge < -0.3 is 57.4 Å². The molecule has 0 aliphatic heterocycles. The van der Waals surface area contributed by atoms with Crippen molar-refractivity contribution in [3.05, 3.63) is 29.8 Å². The van der Waals surface area contributed by atoms with Crippen LogP contribution in [0.1, 0.15) is 36.5 Å². The maximum absolute atomic E-state index is 12.1. The van der Waals surface area contributed by atoms with E-state index in [1.807, 2.05) is 12.1 Å². The van der Waals surface area contributed by atoms with E-state index in [0.29, 0.717) is 124 Å². The third-order valence-electron chi connectivity index (χ3n) is 6.10. The average molecular weight is 676 g/mol. The minimum Gasteiger partial charge on any atom is -0.469 e. The SMILES string of the molecule is CCCCNc1ccc(C(=O)OCCOCCOCCOCCOCCOCCOCCOCCOCCOCCC(=O)OC)cc1. The number of benzene rings is 1. The largest absolute Gasteiger partial charge is 0.469 e. The number of nitrogens with one attached hydrogen (secondary N) is 1. The Morgan fingerprint density at radius 2 is 0.894 bits per heavy atom. The molecule has 1 aromatic rings. The van der Waals surface area contributed by atoms with E-state index in [1.54, 1.807) is 12.1 Å². The number of hydrogen-bond acceptors (Lipinski definition) is 14. The van der Waals surface area contributed by atoms with Crippen LogP contribution in [-0.2, 0) is 56.9 Å². The van der Waals surface area contributed by atoms with Crippen molar-refractivity contribution in [2.75, 3.05) is 145 Å². The van der Waals surface area contributed by atoms with Gasteiger partial charge in [-0.15, -0.1) is 0 Å². The fourth-order valence-electron chi connectivity index (χ4n) is 3.53. The van der Waals surface area contributed by atoms with E-state index in [0.717, 1.165) is 25.1 Å². The van der Waals surface area contributed by atoms with E-state index in [2.05, 4.69) is 17.0 Å². The topological polar surface area (TPSA) is 148 Å². The minimum atomic E-state index is -0.365. The molecule has 47 heavy (non-hydrogen) atoms. The molecule has 14 heteroatoms. The summed E-state index contributed by atoms with van der Waals surface area (Å²) in [7, 11) is 1.35. The van der Waals surface area contributed by atoms with Gasteiger partial charge in [-0.2, -0.15) is 0 Å². The maximum Gasteiger partial charge on any atom is 0.338 e. The Morgan fingerprint density at radius 3 is 1.26 bits per heavy atom. The molecule has 14 nitrogen and oxygen atoms in total. The van der Waals surface area contributed by atoms with Crippen LogP contribution in [0.25, 0.3) is 0 Å². The van der Waals surface area contributed by atoms with Crippen molar-refractivity contribution in [2.24, 2.45) is 0 Å². The number of carbonyl (C=O) groups is 2. The second kappa shape index (κ2) is 33.5. The summed E-state index contributed by atoms with van der Waals surface area (Å²) in [5, 5.41) is 3.31. The summed E-state index contributed by atoms with van der Waals surface area (Å²) in [6, 6.07) is 7.28. The van der Waals surface area contributed by atoms with Crippen molar-refractivity contribution < 1.29 is 61.7 Å². The zero-order chi connectivity index (χ0) is 33.9. The quantitative estimate of drug-likeness (QED) is 0.0831. The van der Waals surface area contributed by atoms with Gasteiger partial charge in [-0.05, 0) is 30.7 Å². The van der Waals surface area contributed by atoms with Gasteiger partial charge in [0.1, 0.15) is 6.61 Å². The highest BCUT2D eigenvalue weighted by atomic mass is 16.6. The Balaban J connectivity index is 1.71. The Morgan fingerprint density at radius 1 is 0.532 bits per heavy atom. The number of anilines is 1. The van der Waals surface area contributed by atoms with E-state index >= 15 is 0 Å². The van der Waals surface area contributed by atoms with Crippen LogP contribution in [-0.4, -0.2) is 151 Å². The van der Waals surface area contributed by atoms with E-state index in [9.17, 15) is 9.59 Å². The van der Waals surface area contributed by atoms with Crippen LogP contribution in [0, 0.1) is 0 Å². The molecule has 272 valence electrons. The summed E-state index contributed by atoms with van der Waals surface area (Å²) in [6.45, 7) is 11.3. The van der Waals surface area contributed by atoms with Crippen LogP contribution in [0.15, 0.2) is 24.3 Å². The summed E-state index contributed by atoms with van der Waals surface area (Å²) in [5.74, 6) is -0.654. The predicted octanol–water partition coefficient (Wildman–Crippen LogP) is 2.77. The molecule has 0 bridgehead atoms. The van der Waals surface area contributed by atoms with Crippen molar-refractivity contribution in [1.29, 1.82) is 0 Å². The Kier molecular flexibility index (Phi) is 30.4. The first-order chi connectivity index (χ1) is 23.2. The van der Waals surface area contributed by atoms with Crippen molar-refractivity contribution in [3.8, 4) is 0 Å². The minimum absolute atomic E-state index is 0.186. The van der Waals surface area contributed by atoms with Gasteiger partial charge in [0.2, 0.25) is 0 Å². The number of methoxy groups -OCH3 is 1. The van der Waals surface area contributed by atoms with Gasteiger partial charge in [-0.1, -0.05) is 13.3 Å². The fourth-order valence-corrected chi connectivity index (χ4v) is 3.53. The number of unbranched alkanes of at least 4 members (excludes halogenated alkanes) is 1. The maximum atomic E-state index is 12.1. The lowest BCUT2D eigenvalue weighted by atomic mass is 10.2. The second-order valence-electron chi connectivity index (χ2n) is 9.83. The van der Waals surface area contributed by atoms with Crippen LogP contribution in [0.2, 0.25) is 0 Å². The summed E-state index contributed by atoms with van der Waals surface area (Å²) >= 11 is 0. The zero-order valence-electron chi connectivity index (χ0n) is 28.4. The van der Waals surface area contributed by atoms with Crippen LogP contribution in [0.3, 0.4) is 0 Å². The van der Waals surface area contributed by atoms with Crippen LogP contribution in [0.4, 0.5) is 5.69 Å². The highest BCUT2D eigenvalue weighted by molar-refractivity contribution is 5.89. The molecule has 0 unspecified atom stereocenters. The number of rotatable bonds is 35. The standard InChI is InChI=1S/C33H57NO13/c1-3-4-10-34-31-7-5-30(6-8-31)33(36)47-29-28-46-27-26-45-25-24-44-23-22-43-21-20-42-19-18-41-17-16-40-15-14-39-13-12-38-11-9-32(35)37-2/h5-8,34H,3-4,9-29H2,1-2H3. The first-order valence-corrected chi connectivity index (χ1v) is 16.4. The predicted molar refractivity (Wildman–Crippen MR) is 174 cm³/mol. The van der Waals surface area contributed by atoms with Gasteiger partial charge in [0.05, 0.1) is 138 Å². The third kappa shape index (κ3) is 28.3. The molecule has 1 aromatic carbocycles. The summed E-state index contributed by atoms with van der Waals surface area (Å²) < 4.78 is 58.6. The second-order valence-corrected chi connectivity index (χ2v) is 9.83. The molecule has 0 spiro atoms. The molecule has 0 aliphatic rings. The molecule has 0 aliphatic carbocycles. The Hall–Kier alpha value is -2.40. The van der Waals surface area contributed by atoms with Crippen LogP contribution >= 0.6 is 0 Å². The highest BCUT2D eigenvalue weighted by Gasteiger charge is 2.07.